The molecule has 112 valence electrons. The maximum Gasteiger partial charge on any atom is 0.261 e. The highest BCUT2D eigenvalue weighted by atomic mass is 79.9. The molecule has 1 aromatic carbocycles. The topological polar surface area (TPSA) is 57.6 Å². The quantitative estimate of drug-likeness (QED) is 0.851. The van der Waals surface area contributed by atoms with Crippen LogP contribution in [-0.4, -0.2) is 35.0 Å². The van der Waals surface area contributed by atoms with E-state index in [1.54, 1.807) is 18.2 Å². The Morgan fingerprint density at radius 3 is 2.43 bits per heavy atom. The largest absolute Gasteiger partial charge is 0.396 e. The Labute approximate surface area is 132 Å². The maximum atomic E-state index is 12.5. The number of aliphatic hydroxyl groups excluding tert-OH is 1. The number of benzene rings is 1. The number of hydrogen-bond donors (Lipinski definition) is 1. The van der Waals surface area contributed by atoms with Crippen molar-refractivity contribution in [1.82, 2.24) is 4.90 Å². The van der Waals surface area contributed by atoms with Gasteiger partial charge in [-0.25, -0.2) is 0 Å². The van der Waals surface area contributed by atoms with E-state index in [2.05, 4.69) is 15.9 Å². The maximum absolute atomic E-state index is 12.5. The third kappa shape index (κ3) is 2.53. The van der Waals surface area contributed by atoms with Gasteiger partial charge in [-0.1, -0.05) is 35.2 Å². The van der Waals surface area contributed by atoms with Crippen molar-refractivity contribution in [2.75, 3.05) is 13.2 Å². The smallest absolute Gasteiger partial charge is 0.261 e. The first kappa shape index (κ1) is 14.7. The van der Waals surface area contributed by atoms with Gasteiger partial charge in [0.2, 0.25) is 0 Å². The minimum Gasteiger partial charge on any atom is -0.396 e. The molecule has 4 nitrogen and oxygen atoms in total. The van der Waals surface area contributed by atoms with Crippen molar-refractivity contribution in [3.63, 3.8) is 0 Å². The van der Waals surface area contributed by atoms with Gasteiger partial charge < -0.3 is 5.11 Å². The highest BCUT2D eigenvalue weighted by molar-refractivity contribution is 9.10. The van der Waals surface area contributed by atoms with Crippen LogP contribution >= 0.6 is 15.9 Å². The lowest BCUT2D eigenvalue weighted by molar-refractivity contribution is 0.0331. The van der Waals surface area contributed by atoms with Crippen LogP contribution in [0, 0.1) is 5.41 Å². The van der Waals surface area contributed by atoms with Crippen molar-refractivity contribution in [1.29, 1.82) is 0 Å². The van der Waals surface area contributed by atoms with E-state index in [-0.39, 0.29) is 23.8 Å². The summed E-state index contributed by atoms with van der Waals surface area (Å²) in [4.78, 5) is 26.3. The zero-order valence-electron chi connectivity index (χ0n) is 11.8. The second-order valence-corrected chi connectivity index (χ2v) is 7.02. The monoisotopic (exact) mass is 351 g/mol. The molecule has 0 bridgehead atoms. The first-order chi connectivity index (χ1) is 10.1. The molecule has 1 N–H and O–H groups in total. The molecule has 1 aliphatic carbocycles. The Hall–Kier alpha value is -1.20. The third-order valence-corrected chi connectivity index (χ3v) is 5.17. The Morgan fingerprint density at radius 1 is 1.10 bits per heavy atom. The molecule has 1 saturated carbocycles. The molecule has 1 fully saturated rings. The van der Waals surface area contributed by atoms with Gasteiger partial charge in [-0.15, -0.1) is 0 Å². The molecule has 21 heavy (non-hydrogen) atoms. The van der Waals surface area contributed by atoms with Gasteiger partial charge >= 0.3 is 0 Å². The van der Waals surface area contributed by atoms with Gasteiger partial charge in [0.1, 0.15) is 0 Å². The average molecular weight is 352 g/mol. The molecule has 0 unspecified atom stereocenters. The predicted octanol–water partition coefficient (Wildman–Crippen LogP) is 2.99. The van der Waals surface area contributed by atoms with Crippen LogP contribution in [0.5, 0.6) is 0 Å². The lowest BCUT2D eigenvalue weighted by Crippen LogP contribution is -2.44. The Balaban J connectivity index is 1.87. The highest BCUT2D eigenvalue weighted by Gasteiger charge is 2.42. The fraction of sp³-hybridized carbons (Fsp3) is 0.500. The van der Waals surface area contributed by atoms with E-state index >= 15 is 0 Å². The van der Waals surface area contributed by atoms with Crippen LogP contribution in [0.3, 0.4) is 0 Å². The van der Waals surface area contributed by atoms with Crippen LogP contribution in [-0.2, 0) is 0 Å². The zero-order chi connectivity index (χ0) is 15.0. The molecule has 1 aromatic rings. The van der Waals surface area contributed by atoms with E-state index in [0.29, 0.717) is 17.7 Å². The van der Waals surface area contributed by atoms with Crippen LogP contribution in [0.1, 0.15) is 52.8 Å². The van der Waals surface area contributed by atoms with E-state index in [1.807, 2.05) is 0 Å². The third-order valence-electron chi connectivity index (χ3n) is 4.68. The Kier molecular flexibility index (Phi) is 3.88. The van der Waals surface area contributed by atoms with Crippen LogP contribution in [0.15, 0.2) is 22.7 Å². The van der Waals surface area contributed by atoms with Crippen molar-refractivity contribution in [3.8, 4) is 0 Å². The molecule has 0 aromatic heterocycles. The summed E-state index contributed by atoms with van der Waals surface area (Å²) >= 11 is 3.33. The van der Waals surface area contributed by atoms with E-state index in [9.17, 15) is 14.7 Å². The second kappa shape index (κ2) is 5.54. The zero-order valence-corrected chi connectivity index (χ0v) is 13.4. The molecule has 1 aliphatic heterocycles. The summed E-state index contributed by atoms with van der Waals surface area (Å²) < 4.78 is 0.791. The molecule has 1 heterocycles. The van der Waals surface area contributed by atoms with Crippen molar-refractivity contribution in [2.24, 2.45) is 5.41 Å². The summed E-state index contributed by atoms with van der Waals surface area (Å²) in [5.41, 5.74) is 0.605. The van der Waals surface area contributed by atoms with Crippen molar-refractivity contribution >= 4 is 27.7 Å². The van der Waals surface area contributed by atoms with Crippen LogP contribution in [0.2, 0.25) is 0 Å². The summed E-state index contributed by atoms with van der Waals surface area (Å²) in [5, 5.41) is 9.78. The molecule has 0 spiro atoms. The standard InChI is InChI=1S/C16H18BrNO3/c17-11-4-5-12-13(8-11)15(21)18(14(12)20)9-16(10-19)6-2-1-3-7-16/h4-5,8,19H,1-3,6-7,9-10H2. The number of carbonyl (C=O) groups excluding carboxylic acids is 2. The number of carbonyl (C=O) groups is 2. The number of imide groups is 1. The van der Waals surface area contributed by atoms with E-state index < -0.39 is 0 Å². The molecular formula is C16H18BrNO3. The predicted molar refractivity (Wildman–Crippen MR) is 82.1 cm³/mol. The van der Waals surface area contributed by atoms with Crippen molar-refractivity contribution in [3.05, 3.63) is 33.8 Å². The number of amides is 2. The number of aliphatic hydroxyl groups is 1. The van der Waals surface area contributed by atoms with Gasteiger partial charge in [0, 0.05) is 16.4 Å². The van der Waals surface area contributed by atoms with E-state index in [1.165, 1.54) is 4.90 Å². The lowest BCUT2D eigenvalue weighted by atomic mass is 9.74. The van der Waals surface area contributed by atoms with Crippen molar-refractivity contribution < 1.29 is 14.7 Å². The molecule has 3 rings (SSSR count). The second-order valence-electron chi connectivity index (χ2n) is 6.11. The van der Waals surface area contributed by atoms with Gasteiger partial charge in [-0.05, 0) is 31.0 Å². The SMILES string of the molecule is O=C1c2ccc(Br)cc2C(=O)N1CC1(CO)CCCCC1. The van der Waals surface area contributed by atoms with Crippen molar-refractivity contribution in [2.45, 2.75) is 32.1 Å². The summed E-state index contributed by atoms with van der Waals surface area (Å²) in [6, 6.07) is 5.16. The van der Waals surface area contributed by atoms with E-state index in [4.69, 9.17) is 0 Å². The van der Waals surface area contributed by atoms with Gasteiger partial charge in [0.05, 0.1) is 17.7 Å². The first-order valence-corrected chi connectivity index (χ1v) is 8.12. The minimum absolute atomic E-state index is 0.0318. The summed E-state index contributed by atoms with van der Waals surface area (Å²) in [5.74, 6) is -0.476. The number of halogens is 1. The molecule has 0 saturated heterocycles. The van der Waals surface area contributed by atoms with E-state index in [0.717, 1.165) is 36.6 Å². The fourth-order valence-electron chi connectivity index (χ4n) is 3.41. The van der Waals surface area contributed by atoms with Crippen LogP contribution < -0.4 is 0 Å². The molecule has 2 amide bonds. The molecule has 2 aliphatic rings. The van der Waals surface area contributed by atoms with Gasteiger partial charge in [0.25, 0.3) is 11.8 Å². The van der Waals surface area contributed by atoms with Crippen LogP contribution in [0.25, 0.3) is 0 Å². The van der Waals surface area contributed by atoms with Gasteiger partial charge in [0.15, 0.2) is 0 Å². The summed E-state index contributed by atoms with van der Waals surface area (Å²) in [7, 11) is 0. The first-order valence-electron chi connectivity index (χ1n) is 7.33. The normalized spacial score (nSPS) is 20.8. The van der Waals surface area contributed by atoms with Gasteiger partial charge in [-0.2, -0.15) is 0 Å². The molecular weight excluding hydrogens is 334 g/mol. The molecule has 5 heteroatoms. The fourth-order valence-corrected chi connectivity index (χ4v) is 3.77. The molecule has 0 radical (unpaired) electrons. The lowest BCUT2D eigenvalue weighted by Gasteiger charge is -2.37. The summed E-state index contributed by atoms with van der Waals surface area (Å²) in [6.07, 6.45) is 5.02. The number of fused-ring (bicyclic) bond motifs is 1. The Morgan fingerprint density at radius 2 is 1.76 bits per heavy atom. The summed E-state index contributed by atoms with van der Waals surface area (Å²) in [6.45, 7) is 0.359. The number of hydrogen-bond acceptors (Lipinski definition) is 3. The van der Waals surface area contributed by atoms with Gasteiger partial charge in [-0.3, -0.25) is 14.5 Å². The Bertz CT molecular complexity index is 593. The molecule has 0 atom stereocenters. The number of nitrogens with zero attached hydrogens (tertiary/aromatic N) is 1. The van der Waals surface area contributed by atoms with Crippen LogP contribution in [0.4, 0.5) is 0 Å². The minimum atomic E-state index is -0.317. The average Bonchev–Trinajstić information content (AvgIpc) is 2.73. The number of rotatable bonds is 3. The highest BCUT2D eigenvalue weighted by Crippen LogP contribution is 2.38.